The molecule has 0 aromatic carbocycles. The van der Waals surface area contributed by atoms with Crippen molar-refractivity contribution in [3.8, 4) is 0 Å². The Hall–Kier alpha value is -1.36. The Morgan fingerprint density at radius 2 is 1.21 bits per heavy atom. The monoisotopic (exact) mass is 660 g/mol. The van der Waals surface area contributed by atoms with E-state index in [9.17, 15) is 9.59 Å². The fourth-order valence-electron chi connectivity index (χ4n) is 16.6. The first-order valence-electron chi connectivity index (χ1n) is 20.3. The van der Waals surface area contributed by atoms with Crippen LogP contribution < -0.4 is 0 Å². The van der Waals surface area contributed by atoms with Crippen LogP contribution in [0.4, 0.5) is 0 Å². The van der Waals surface area contributed by atoms with Gasteiger partial charge in [-0.3, -0.25) is 9.59 Å². The van der Waals surface area contributed by atoms with Crippen LogP contribution in [0, 0.1) is 67.0 Å². The fraction of sp³-hybridized carbons (Fsp3) is 0.907. The lowest BCUT2D eigenvalue weighted by molar-refractivity contribution is -0.189. The third kappa shape index (κ3) is 4.36. The van der Waals surface area contributed by atoms with Crippen molar-refractivity contribution in [2.24, 2.45) is 67.0 Å². The van der Waals surface area contributed by atoms with Crippen molar-refractivity contribution >= 4 is 11.9 Å². The lowest BCUT2D eigenvalue weighted by atomic mass is 9.40. The summed E-state index contributed by atoms with van der Waals surface area (Å²) in [5.41, 5.74) is 2.04. The van der Waals surface area contributed by atoms with Crippen LogP contribution in [-0.4, -0.2) is 37.4 Å². The highest BCUT2D eigenvalue weighted by atomic mass is 16.6. The van der Waals surface area contributed by atoms with Crippen LogP contribution in [0.15, 0.2) is 12.2 Å². The minimum Gasteiger partial charge on any atom is -0.465 e. The van der Waals surface area contributed by atoms with Crippen LogP contribution >= 0.6 is 0 Å². The molecule has 1 saturated heterocycles. The number of epoxide rings is 1. The second-order valence-corrected chi connectivity index (χ2v) is 21.3. The average Bonchev–Trinajstić information content (AvgIpc) is 3.78. The normalized spacial score (nSPS) is 57.0. The van der Waals surface area contributed by atoms with Crippen molar-refractivity contribution in [2.45, 2.75) is 163 Å². The van der Waals surface area contributed by atoms with Gasteiger partial charge in [0, 0.05) is 16.2 Å². The first kappa shape index (κ1) is 32.5. The minimum absolute atomic E-state index is 0.0307. The van der Waals surface area contributed by atoms with E-state index in [1.165, 1.54) is 89.9 Å². The Labute approximate surface area is 290 Å². The smallest absolute Gasteiger partial charge is 0.317 e. The van der Waals surface area contributed by atoms with Gasteiger partial charge in [-0.25, -0.2) is 0 Å². The second-order valence-electron chi connectivity index (χ2n) is 21.3. The number of carbonyl (C=O) groups excluding carboxylic acids is 2. The summed E-state index contributed by atoms with van der Waals surface area (Å²) in [6.07, 6.45) is 26.0. The number of esters is 2. The lowest BCUT2D eigenvalue weighted by Crippen LogP contribution is -2.59. The molecule has 5 nitrogen and oxygen atoms in total. The number of carbonyl (C=O) groups is 2. The van der Waals surface area contributed by atoms with Crippen molar-refractivity contribution in [2.75, 3.05) is 13.2 Å². The van der Waals surface area contributed by atoms with Gasteiger partial charge < -0.3 is 14.2 Å². The summed E-state index contributed by atoms with van der Waals surface area (Å²) >= 11 is 0. The molecule has 1 heterocycles. The van der Waals surface area contributed by atoms with E-state index in [-0.39, 0.29) is 28.1 Å². The highest BCUT2D eigenvalue weighted by Crippen LogP contribution is 2.78. The Kier molecular flexibility index (Phi) is 6.88. The first-order chi connectivity index (χ1) is 22.6. The van der Waals surface area contributed by atoms with Gasteiger partial charge in [0.25, 0.3) is 0 Å². The predicted molar refractivity (Wildman–Crippen MR) is 186 cm³/mol. The zero-order valence-corrected chi connectivity index (χ0v) is 31.1. The van der Waals surface area contributed by atoms with E-state index in [1.54, 1.807) is 0 Å². The Balaban J connectivity index is 0.814. The van der Waals surface area contributed by atoms with Crippen molar-refractivity contribution in [1.82, 2.24) is 0 Å². The van der Waals surface area contributed by atoms with Gasteiger partial charge in [0.15, 0.2) is 0 Å². The van der Waals surface area contributed by atoms with Gasteiger partial charge in [-0.15, -0.1) is 0 Å². The number of hydrogen-bond donors (Lipinski definition) is 0. The van der Waals surface area contributed by atoms with E-state index in [1.807, 2.05) is 0 Å². The number of hydrogen-bond acceptors (Lipinski definition) is 5. The second kappa shape index (κ2) is 10.2. The van der Waals surface area contributed by atoms with Crippen LogP contribution in [-0.2, 0) is 23.8 Å². The van der Waals surface area contributed by atoms with Gasteiger partial charge in [-0.05, 0) is 141 Å². The average molecular weight is 661 g/mol. The zero-order chi connectivity index (χ0) is 33.6. The van der Waals surface area contributed by atoms with Gasteiger partial charge in [0.1, 0.15) is 6.42 Å². The summed E-state index contributed by atoms with van der Waals surface area (Å²) in [4.78, 5) is 26.4. The summed E-state index contributed by atoms with van der Waals surface area (Å²) in [7, 11) is 0. The van der Waals surface area contributed by atoms with Crippen LogP contribution in [0.5, 0.6) is 0 Å². The molecule has 2 spiro atoms. The highest BCUT2D eigenvalue weighted by Gasteiger charge is 2.77. The molecule has 14 atom stereocenters. The maximum absolute atomic E-state index is 13.2. The van der Waals surface area contributed by atoms with Crippen molar-refractivity contribution < 1.29 is 23.8 Å². The molecule has 0 N–H and O–H groups in total. The molecule has 9 aliphatic rings. The minimum atomic E-state index is -0.407. The first-order valence-corrected chi connectivity index (χ1v) is 20.3. The van der Waals surface area contributed by atoms with Crippen molar-refractivity contribution in [3.63, 3.8) is 0 Å². The molecule has 8 aliphatic carbocycles. The van der Waals surface area contributed by atoms with E-state index in [0.717, 1.165) is 18.8 Å². The summed E-state index contributed by atoms with van der Waals surface area (Å²) in [5, 5.41) is 0. The lowest BCUT2D eigenvalue weighted by Gasteiger charge is -2.65. The molecule has 266 valence electrons. The molecule has 0 amide bonds. The van der Waals surface area contributed by atoms with Crippen LogP contribution in [0.3, 0.4) is 0 Å². The maximum Gasteiger partial charge on any atom is 0.317 e. The molecule has 5 heteroatoms. The quantitative estimate of drug-likeness (QED) is 0.123. The number of ether oxygens (including phenoxy) is 3. The Bertz CT molecular complexity index is 1420. The van der Waals surface area contributed by atoms with E-state index in [4.69, 9.17) is 14.2 Å². The summed E-state index contributed by atoms with van der Waals surface area (Å²) in [6.45, 7) is 15.7. The van der Waals surface area contributed by atoms with Gasteiger partial charge >= 0.3 is 11.9 Å². The maximum atomic E-state index is 13.2. The van der Waals surface area contributed by atoms with E-state index >= 15 is 0 Å². The van der Waals surface area contributed by atoms with Crippen molar-refractivity contribution in [3.05, 3.63) is 12.2 Å². The fourth-order valence-corrected chi connectivity index (χ4v) is 16.6. The van der Waals surface area contributed by atoms with E-state index in [2.05, 4.69) is 53.7 Å². The number of fused-ring (bicyclic) bond motifs is 8. The molecule has 9 rings (SSSR count). The summed E-state index contributed by atoms with van der Waals surface area (Å²) < 4.78 is 18.4. The molecule has 8 fully saturated rings. The summed E-state index contributed by atoms with van der Waals surface area (Å²) in [5.74, 6) is 1.73. The van der Waals surface area contributed by atoms with Gasteiger partial charge in [-0.2, -0.15) is 0 Å². The standard InChI is InChI=1S/C43H64O5/c1-36-17-9-30-40(5)15-7-13-38(3,28(40)11-19-42(30,24-36)22-21-36)26-46-32(44)23-33(45)47-27-39(4)14-8-16-41(6)29(39)12-20-43-25-37(2,18-10-31(41)43)34-35(43)48-34/h21-22,28-31,34-35H,7-20,23-27H2,1-6H3/t28-,29-,30+,31+,34-,35+,36-,37+,38+,39+,40-,41-,42+,43+/m0/s1. The molecule has 0 aromatic rings. The van der Waals surface area contributed by atoms with E-state index < -0.39 is 11.9 Å². The molecular weight excluding hydrogens is 596 g/mol. The SMILES string of the molecule is C[C@@]12C=C[C@]3(CC[C@H]4[C@@](C)(COC(=O)CC(=O)OC[C@@]5(C)CCC[C@]6(C)[C@H]7CC[C@]8(C)C[C@@]7(CC[C@@H]56)[C@@H]5O[C@@H]58)CCC[C@]4(C)[C@H]3CC1)C2. The Morgan fingerprint density at radius 3 is 1.88 bits per heavy atom. The molecule has 1 aliphatic heterocycles. The third-order valence-corrected chi connectivity index (χ3v) is 18.4. The van der Waals surface area contributed by atoms with Gasteiger partial charge in [-0.1, -0.05) is 66.5 Å². The van der Waals surface area contributed by atoms with Crippen LogP contribution in [0.25, 0.3) is 0 Å². The molecule has 48 heavy (non-hydrogen) atoms. The molecule has 7 saturated carbocycles. The van der Waals surface area contributed by atoms with Gasteiger partial charge in [0.05, 0.1) is 25.4 Å². The highest BCUT2D eigenvalue weighted by molar-refractivity contribution is 5.91. The molecule has 0 unspecified atom stereocenters. The van der Waals surface area contributed by atoms with E-state index in [0.29, 0.717) is 64.8 Å². The van der Waals surface area contributed by atoms with Gasteiger partial charge in [0.2, 0.25) is 0 Å². The largest absolute Gasteiger partial charge is 0.465 e. The third-order valence-electron chi connectivity index (χ3n) is 18.4. The molecular formula is C43H64O5. The topological polar surface area (TPSA) is 65.1 Å². The predicted octanol–water partition coefficient (Wildman–Crippen LogP) is 9.61. The van der Waals surface area contributed by atoms with Crippen molar-refractivity contribution in [1.29, 1.82) is 0 Å². The molecule has 0 radical (unpaired) electrons. The van der Waals surface area contributed by atoms with Crippen LogP contribution in [0.2, 0.25) is 0 Å². The molecule has 0 aromatic heterocycles. The number of allylic oxidation sites excluding steroid dienone is 2. The zero-order valence-electron chi connectivity index (χ0n) is 31.1. The number of rotatable bonds is 6. The summed E-state index contributed by atoms with van der Waals surface area (Å²) in [6, 6.07) is 0. The molecule has 4 bridgehead atoms. The Morgan fingerprint density at radius 1 is 0.625 bits per heavy atom. The van der Waals surface area contributed by atoms with Crippen LogP contribution in [0.1, 0.15) is 151 Å².